The van der Waals surface area contributed by atoms with Crippen LogP contribution in [0.3, 0.4) is 0 Å². The summed E-state index contributed by atoms with van der Waals surface area (Å²) >= 11 is 0. The fourth-order valence-electron chi connectivity index (χ4n) is 3.67. The van der Waals surface area contributed by atoms with Gasteiger partial charge in [-0.2, -0.15) is 0 Å². The molecule has 0 aromatic heterocycles. The second-order valence-corrected chi connectivity index (χ2v) is 7.19. The van der Waals surface area contributed by atoms with E-state index in [0.29, 0.717) is 28.3 Å². The minimum absolute atomic E-state index is 0.109. The summed E-state index contributed by atoms with van der Waals surface area (Å²) in [7, 11) is 1.53. The van der Waals surface area contributed by atoms with Gasteiger partial charge in [0.05, 0.1) is 24.4 Å². The smallest absolute Gasteiger partial charge is 0.322 e. The second-order valence-electron chi connectivity index (χ2n) is 7.19. The quantitative estimate of drug-likeness (QED) is 0.805. The van der Waals surface area contributed by atoms with Crippen LogP contribution in [0.4, 0.5) is 14.9 Å². The highest BCUT2D eigenvalue weighted by molar-refractivity contribution is 6.07. The molecule has 1 aliphatic heterocycles. The molecule has 1 saturated carbocycles. The Kier molecular flexibility index (Phi) is 4.96. The summed E-state index contributed by atoms with van der Waals surface area (Å²) in [6.07, 6.45) is 1.82. The maximum atomic E-state index is 13.4. The Morgan fingerprint density at radius 2 is 1.86 bits per heavy atom. The molecule has 1 atom stereocenters. The van der Waals surface area contributed by atoms with Gasteiger partial charge < -0.3 is 15.4 Å². The summed E-state index contributed by atoms with van der Waals surface area (Å²) < 4.78 is 18.7. The number of ether oxygens (including phenoxy) is 1. The van der Waals surface area contributed by atoms with Crippen molar-refractivity contribution < 1.29 is 18.7 Å². The van der Waals surface area contributed by atoms with Crippen LogP contribution >= 0.6 is 0 Å². The molecule has 29 heavy (non-hydrogen) atoms. The molecule has 6 nitrogen and oxygen atoms in total. The molecule has 0 spiro atoms. The number of hydrogen-bond donors (Lipinski definition) is 2. The first-order chi connectivity index (χ1) is 14.0. The lowest BCUT2D eigenvalue weighted by atomic mass is 9.94. The van der Waals surface area contributed by atoms with Crippen LogP contribution < -0.4 is 15.4 Å². The van der Waals surface area contributed by atoms with E-state index in [0.717, 1.165) is 12.8 Å². The minimum Gasteiger partial charge on any atom is -0.495 e. The van der Waals surface area contributed by atoms with Crippen molar-refractivity contribution in [2.45, 2.75) is 31.8 Å². The topological polar surface area (TPSA) is 70.7 Å². The molecule has 2 N–H and O–H groups in total. The van der Waals surface area contributed by atoms with E-state index in [9.17, 15) is 14.0 Å². The third kappa shape index (κ3) is 3.68. The largest absolute Gasteiger partial charge is 0.495 e. The Balaban J connectivity index is 1.74. The molecule has 2 aromatic carbocycles. The van der Waals surface area contributed by atoms with Crippen LogP contribution in [0, 0.1) is 5.82 Å². The van der Waals surface area contributed by atoms with E-state index in [1.54, 1.807) is 42.2 Å². The number of rotatable bonds is 5. The van der Waals surface area contributed by atoms with Crippen molar-refractivity contribution in [1.29, 1.82) is 0 Å². The molecule has 0 radical (unpaired) electrons. The van der Waals surface area contributed by atoms with Crippen molar-refractivity contribution in [1.82, 2.24) is 10.2 Å². The van der Waals surface area contributed by atoms with Crippen LogP contribution in [-0.4, -0.2) is 30.0 Å². The predicted molar refractivity (Wildman–Crippen MR) is 107 cm³/mol. The molecular formula is C22H22FN3O3. The van der Waals surface area contributed by atoms with Crippen LogP contribution in [0.15, 0.2) is 59.8 Å². The summed E-state index contributed by atoms with van der Waals surface area (Å²) in [6, 6.07) is 12.1. The van der Waals surface area contributed by atoms with Gasteiger partial charge in [-0.1, -0.05) is 24.3 Å². The number of allylic oxidation sites excluding steroid dienone is 1. The van der Waals surface area contributed by atoms with Crippen LogP contribution in [-0.2, 0) is 4.79 Å². The maximum Gasteiger partial charge on any atom is 0.322 e. The Morgan fingerprint density at radius 3 is 2.52 bits per heavy atom. The van der Waals surface area contributed by atoms with Gasteiger partial charge in [-0.15, -0.1) is 0 Å². The fraction of sp³-hybridized carbons (Fsp3) is 0.273. The van der Waals surface area contributed by atoms with E-state index in [2.05, 4.69) is 10.6 Å². The van der Waals surface area contributed by atoms with Gasteiger partial charge in [0.15, 0.2) is 0 Å². The van der Waals surface area contributed by atoms with Crippen molar-refractivity contribution in [2.75, 3.05) is 12.4 Å². The third-order valence-corrected chi connectivity index (χ3v) is 5.24. The molecule has 2 aromatic rings. The first-order valence-corrected chi connectivity index (χ1v) is 9.50. The highest BCUT2D eigenvalue weighted by Gasteiger charge is 2.42. The van der Waals surface area contributed by atoms with E-state index in [1.165, 1.54) is 19.2 Å². The van der Waals surface area contributed by atoms with Crippen LogP contribution in [0.25, 0.3) is 0 Å². The van der Waals surface area contributed by atoms with Gasteiger partial charge in [-0.3, -0.25) is 9.69 Å². The number of anilines is 1. The zero-order valence-electron chi connectivity index (χ0n) is 16.2. The van der Waals surface area contributed by atoms with Gasteiger partial charge in [0.1, 0.15) is 11.6 Å². The number of hydrogen-bond acceptors (Lipinski definition) is 3. The summed E-state index contributed by atoms with van der Waals surface area (Å²) in [6.45, 7) is 1.78. The first-order valence-electron chi connectivity index (χ1n) is 9.50. The molecule has 1 aliphatic carbocycles. The number of amides is 3. The average molecular weight is 395 g/mol. The highest BCUT2D eigenvalue weighted by atomic mass is 19.1. The SMILES string of the molecule is COc1ccccc1NC(=O)C1=C(C)N(C2CC2)C(=O)NC1c1ccc(F)cc1. The molecule has 1 heterocycles. The first kappa shape index (κ1) is 19.0. The number of benzene rings is 2. The summed E-state index contributed by atoms with van der Waals surface area (Å²) in [4.78, 5) is 27.7. The Labute approximate surface area is 168 Å². The normalized spacial score (nSPS) is 19.1. The Morgan fingerprint density at radius 1 is 1.17 bits per heavy atom. The molecule has 7 heteroatoms. The van der Waals surface area contributed by atoms with Crippen molar-refractivity contribution >= 4 is 17.6 Å². The monoisotopic (exact) mass is 395 g/mol. The second kappa shape index (κ2) is 7.58. The molecule has 3 amide bonds. The van der Waals surface area contributed by atoms with Gasteiger partial charge in [0, 0.05) is 11.7 Å². The van der Waals surface area contributed by atoms with E-state index in [-0.39, 0.29) is 23.8 Å². The third-order valence-electron chi connectivity index (χ3n) is 5.24. The fourth-order valence-corrected chi connectivity index (χ4v) is 3.67. The number of halogens is 1. The molecule has 1 unspecified atom stereocenters. The standard InChI is InChI=1S/C22H22FN3O3/c1-13-19(21(27)24-17-5-3-4-6-18(17)29-2)20(14-7-9-15(23)10-8-14)25-22(28)26(13)16-11-12-16/h3-10,16,20H,11-12H2,1-2H3,(H,24,27)(H,25,28). The van der Waals surface area contributed by atoms with Crippen molar-refractivity contribution in [3.8, 4) is 5.75 Å². The van der Waals surface area contributed by atoms with Gasteiger partial charge in [0.25, 0.3) is 5.91 Å². The molecule has 150 valence electrons. The lowest BCUT2D eigenvalue weighted by Gasteiger charge is -2.36. The Hall–Kier alpha value is -3.35. The Bertz CT molecular complexity index is 983. The number of carbonyl (C=O) groups excluding carboxylic acids is 2. The summed E-state index contributed by atoms with van der Waals surface area (Å²) in [5, 5.41) is 5.81. The molecular weight excluding hydrogens is 373 g/mol. The number of nitrogens with zero attached hydrogens (tertiary/aromatic N) is 1. The molecule has 4 rings (SSSR count). The number of methoxy groups -OCH3 is 1. The molecule has 2 aliphatic rings. The average Bonchev–Trinajstić information content (AvgIpc) is 3.53. The zero-order valence-corrected chi connectivity index (χ0v) is 16.2. The van der Waals surface area contributed by atoms with Crippen LogP contribution in [0.1, 0.15) is 31.4 Å². The van der Waals surface area contributed by atoms with E-state index in [1.807, 2.05) is 6.07 Å². The molecule has 0 saturated heterocycles. The van der Waals surface area contributed by atoms with Crippen molar-refractivity contribution in [3.05, 3.63) is 71.2 Å². The number of nitrogens with one attached hydrogen (secondary N) is 2. The highest BCUT2D eigenvalue weighted by Crippen LogP contribution is 2.38. The van der Waals surface area contributed by atoms with Gasteiger partial charge >= 0.3 is 6.03 Å². The minimum atomic E-state index is -0.673. The maximum absolute atomic E-state index is 13.4. The number of urea groups is 1. The van der Waals surface area contributed by atoms with Gasteiger partial charge in [-0.25, -0.2) is 9.18 Å². The van der Waals surface area contributed by atoms with Crippen LogP contribution in [0.5, 0.6) is 5.75 Å². The molecule has 1 fully saturated rings. The summed E-state index contributed by atoms with van der Waals surface area (Å²) in [5.74, 6) is -0.181. The van der Waals surface area contributed by atoms with Gasteiger partial charge in [0.2, 0.25) is 0 Å². The van der Waals surface area contributed by atoms with E-state index < -0.39 is 6.04 Å². The predicted octanol–water partition coefficient (Wildman–Crippen LogP) is 3.98. The van der Waals surface area contributed by atoms with E-state index in [4.69, 9.17) is 4.74 Å². The van der Waals surface area contributed by atoms with Gasteiger partial charge in [-0.05, 0) is 49.6 Å². The molecule has 0 bridgehead atoms. The van der Waals surface area contributed by atoms with E-state index >= 15 is 0 Å². The summed E-state index contributed by atoms with van der Waals surface area (Å²) in [5.41, 5.74) is 2.21. The lowest BCUT2D eigenvalue weighted by molar-refractivity contribution is -0.113. The van der Waals surface area contributed by atoms with Crippen molar-refractivity contribution in [2.24, 2.45) is 0 Å². The number of carbonyl (C=O) groups is 2. The zero-order chi connectivity index (χ0) is 20.5. The lowest BCUT2D eigenvalue weighted by Crippen LogP contribution is -2.49. The van der Waals surface area contributed by atoms with Crippen molar-refractivity contribution in [3.63, 3.8) is 0 Å². The van der Waals surface area contributed by atoms with Crippen LogP contribution in [0.2, 0.25) is 0 Å². The number of para-hydroxylation sites is 2.